The summed E-state index contributed by atoms with van der Waals surface area (Å²) in [6.07, 6.45) is 0. The lowest BCUT2D eigenvalue weighted by atomic mass is 10.1. The van der Waals surface area contributed by atoms with Crippen molar-refractivity contribution in [2.24, 2.45) is 0 Å². The molecule has 192 valence electrons. The fourth-order valence-corrected chi connectivity index (χ4v) is 6.07. The normalized spacial score (nSPS) is 12.7. The minimum atomic E-state index is -3.89. The molecule has 6 nitrogen and oxygen atoms in total. The Morgan fingerprint density at radius 2 is 1.37 bits per heavy atom. The van der Waals surface area contributed by atoms with E-state index in [-0.39, 0.29) is 10.5 Å². The molecule has 1 aromatic heterocycles. The summed E-state index contributed by atoms with van der Waals surface area (Å²) in [4.78, 5) is 18.7. The largest absolute Gasteiger partial charge is 0.268 e. The van der Waals surface area contributed by atoms with E-state index < -0.39 is 16.1 Å². The van der Waals surface area contributed by atoms with E-state index in [1.165, 1.54) is 15.9 Å². The third-order valence-corrected chi connectivity index (χ3v) is 8.77. The van der Waals surface area contributed by atoms with Crippen molar-refractivity contribution >= 4 is 20.9 Å². The van der Waals surface area contributed by atoms with Crippen molar-refractivity contribution in [2.75, 3.05) is 7.05 Å². The van der Waals surface area contributed by atoms with Gasteiger partial charge in [-0.1, -0.05) is 60.7 Å². The second-order valence-electron chi connectivity index (χ2n) is 9.56. The van der Waals surface area contributed by atoms with E-state index in [4.69, 9.17) is 4.98 Å². The molecule has 5 rings (SSSR count). The summed E-state index contributed by atoms with van der Waals surface area (Å²) in [6.45, 7) is 5.69. The van der Waals surface area contributed by atoms with Gasteiger partial charge in [-0.15, -0.1) is 0 Å². The van der Waals surface area contributed by atoms with Gasteiger partial charge >= 0.3 is 0 Å². The smallest absolute Gasteiger partial charge is 0.266 e. The Morgan fingerprint density at radius 1 is 0.789 bits per heavy atom. The number of para-hydroxylation sites is 1. The third kappa shape index (κ3) is 4.66. The minimum absolute atomic E-state index is 0.174. The van der Waals surface area contributed by atoms with Crippen molar-refractivity contribution in [3.8, 4) is 16.8 Å². The van der Waals surface area contributed by atoms with Crippen LogP contribution in [-0.4, -0.2) is 29.3 Å². The predicted molar refractivity (Wildman–Crippen MR) is 152 cm³/mol. The Kier molecular flexibility index (Phi) is 6.73. The molecule has 0 aliphatic carbocycles. The van der Waals surface area contributed by atoms with Crippen LogP contribution in [0.15, 0.2) is 107 Å². The molecule has 0 bridgehead atoms. The molecule has 0 aliphatic heterocycles. The maximum atomic E-state index is 13.7. The van der Waals surface area contributed by atoms with Crippen LogP contribution in [-0.2, 0) is 10.0 Å². The Labute approximate surface area is 222 Å². The van der Waals surface area contributed by atoms with Crippen LogP contribution < -0.4 is 5.56 Å². The second kappa shape index (κ2) is 10.0. The maximum Gasteiger partial charge on any atom is 0.266 e. The lowest BCUT2D eigenvalue weighted by Crippen LogP contribution is -2.35. The molecule has 0 saturated heterocycles. The molecule has 0 spiro atoms. The molecular formula is C31H29N3O3S. The summed E-state index contributed by atoms with van der Waals surface area (Å²) in [5.74, 6) is 0.352. The summed E-state index contributed by atoms with van der Waals surface area (Å²) >= 11 is 0. The van der Waals surface area contributed by atoms with Gasteiger partial charge in [-0.2, -0.15) is 4.31 Å². The highest BCUT2D eigenvalue weighted by atomic mass is 32.2. The van der Waals surface area contributed by atoms with E-state index in [0.29, 0.717) is 22.4 Å². The van der Waals surface area contributed by atoms with E-state index in [0.717, 1.165) is 22.3 Å². The fourth-order valence-electron chi connectivity index (χ4n) is 4.75. The van der Waals surface area contributed by atoms with Gasteiger partial charge in [-0.3, -0.25) is 9.36 Å². The molecule has 1 heterocycles. The molecule has 0 saturated carbocycles. The van der Waals surface area contributed by atoms with Gasteiger partial charge in [0.15, 0.2) is 0 Å². The van der Waals surface area contributed by atoms with Crippen LogP contribution in [0.25, 0.3) is 27.7 Å². The Balaban J connectivity index is 1.60. The first kappa shape index (κ1) is 25.6. The SMILES string of the molecule is Cc1cc(C)cc(-n2c(C(C)N(C)S(=O)(=O)c3ccc(-c4ccccc4)cc3)nc3ccccc3c2=O)c1. The van der Waals surface area contributed by atoms with Crippen LogP contribution in [0.5, 0.6) is 0 Å². The number of benzene rings is 4. The number of aromatic nitrogens is 2. The van der Waals surface area contributed by atoms with Gasteiger partial charge < -0.3 is 0 Å². The average molecular weight is 524 g/mol. The average Bonchev–Trinajstić information content (AvgIpc) is 2.92. The van der Waals surface area contributed by atoms with Crippen molar-refractivity contribution in [1.29, 1.82) is 0 Å². The van der Waals surface area contributed by atoms with E-state index in [9.17, 15) is 13.2 Å². The number of hydrogen-bond donors (Lipinski definition) is 0. The summed E-state index contributed by atoms with van der Waals surface area (Å²) in [7, 11) is -2.36. The summed E-state index contributed by atoms with van der Waals surface area (Å²) in [5, 5.41) is 0.477. The van der Waals surface area contributed by atoms with Crippen LogP contribution in [0.3, 0.4) is 0 Å². The summed E-state index contributed by atoms with van der Waals surface area (Å²) < 4.78 is 30.2. The third-order valence-electron chi connectivity index (χ3n) is 6.82. The number of nitrogens with zero attached hydrogens (tertiary/aromatic N) is 3. The van der Waals surface area contributed by atoms with Crippen molar-refractivity contribution in [3.63, 3.8) is 0 Å². The van der Waals surface area contributed by atoms with Crippen LogP contribution in [0.4, 0.5) is 0 Å². The van der Waals surface area contributed by atoms with E-state index in [1.54, 1.807) is 49.4 Å². The molecule has 0 amide bonds. The molecule has 4 aromatic carbocycles. The molecule has 1 unspecified atom stereocenters. The van der Waals surface area contributed by atoms with Gasteiger partial charge in [0.1, 0.15) is 5.82 Å². The topological polar surface area (TPSA) is 72.3 Å². The zero-order chi connectivity index (χ0) is 27.0. The number of rotatable bonds is 6. The van der Waals surface area contributed by atoms with Gasteiger partial charge in [0.05, 0.1) is 27.5 Å². The monoisotopic (exact) mass is 523 g/mol. The lowest BCUT2D eigenvalue weighted by molar-refractivity contribution is 0.379. The Bertz CT molecular complexity index is 1770. The highest BCUT2D eigenvalue weighted by molar-refractivity contribution is 7.89. The molecule has 0 aliphatic rings. The highest BCUT2D eigenvalue weighted by Gasteiger charge is 2.30. The van der Waals surface area contributed by atoms with Crippen LogP contribution in [0.1, 0.15) is 29.9 Å². The molecule has 1 atom stereocenters. The van der Waals surface area contributed by atoms with Gasteiger partial charge in [-0.25, -0.2) is 13.4 Å². The molecule has 38 heavy (non-hydrogen) atoms. The molecule has 5 aromatic rings. The first-order valence-electron chi connectivity index (χ1n) is 12.4. The van der Waals surface area contributed by atoms with Crippen molar-refractivity contribution in [3.05, 3.63) is 124 Å². The Hall–Kier alpha value is -4.07. The molecule has 0 radical (unpaired) electrons. The second-order valence-corrected chi connectivity index (χ2v) is 11.6. The van der Waals surface area contributed by atoms with E-state index >= 15 is 0 Å². The maximum absolute atomic E-state index is 13.7. The van der Waals surface area contributed by atoms with Crippen LogP contribution in [0, 0.1) is 13.8 Å². The standard InChI is InChI=1S/C31H29N3O3S/c1-21-18-22(2)20-26(19-21)34-30(32-29-13-9-8-12-28(29)31(34)35)23(3)33(4)38(36,37)27-16-14-25(15-17-27)24-10-6-5-7-11-24/h5-20,23H,1-4H3. The first-order chi connectivity index (χ1) is 18.2. The zero-order valence-electron chi connectivity index (χ0n) is 21.8. The Morgan fingerprint density at radius 3 is 2.03 bits per heavy atom. The minimum Gasteiger partial charge on any atom is -0.268 e. The predicted octanol–water partition coefficient (Wildman–Crippen LogP) is 6.05. The summed E-state index contributed by atoms with van der Waals surface area (Å²) in [6, 6.07) is 28.9. The van der Waals surface area contributed by atoms with Crippen LogP contribution >= 0.6 is 0 Å². The molecule has 7 heteroatoms. The summed E-state index contributed by atoms with van der Waals surface area (Å²) in [5.41, 5.74) is 4.89. The molecular weight excluding hydrogens is 494 g/mol. The van der Waals surface area contributed by atoms with Gasteiger partial charge in [-0.05, 0) is 79.4 Å². The quantitative estimate of drug-likeness (QED) is 0.272. The zero-order valence-corrected chi connectivity index (χ0v) is 22.6. The number of aryl methyl sites for hydroxylation is 2. The number of fused-ring (bicyclic) bond motifs is 1. The highest BCUT2D eigenvalue weighted by Crippen LogP contribution is 2.29. The van der Waals surface area contributed by atoms with E-state index in [1.807, 2.05) is 68.4 Å². The van der Waals surface area contributed by atoms with Crippen molar-refractivity contribution in [1.82, 2.24) is 13.9 Å². The fraction of sp³-hybridized carbons (Fsp3) is 0.161. The lowest BCUT2D eigenvalue weighted by Gasteiger charge is -2.26. The number of sulfonamides is 1. The number of hydrogen-bond acceptors (Lipinski definition) is 4. The van der Waals surface area contributed by atoms with Crippen molar-refractivity contribution < 1.29 is 8.42 Å². The van der Waals surface area contributed by atoms with Gasteiger partial charge in [0, 0.05) is 7.05 Å². The van der Waals surface area contributed by atoms with Gasteiger partial charge in [0.2, 0.25) is 10.0 Å². The molecule has 0 N–H and O–H groups in total. The first-order valence-corrected chi connectivity index (χ1v) is 13.8. The van der Waals surface area contributed by atoms with Gasteiger partial charge in [0.25, 0.3) is 5.56 Å². The van der Waals surface area contributed by atoms with E-state index in [2.05, 4.69) is 0 Å². The van der Waals surface area contributed by atoms with Crippen molar-refractivity contribution in [2.45, 2.75) is 31.7 Å². The van der Waals surface area contributed by atoms with Crippen LogP contribution in [0.2, 0.25) is 0 Å². The molecule has 0 fully saturated rings.